The summed E-state index contributed by atoms with van der Waals surface area (Å²) in [7, 11) is 0. The Morgan fingerprint density at radius 1 is 1.31 bits per heavy atom. The number of alkyl halides is 3. The first-order chi connectivity index (χ1) is 7.32. The highest BCUT2D eigenvalue weighted by atomic mass is 79.9. The largest absolute Gasteiger partial charge is 0.417 e. The maximum Gasteiger partial charge on any atom is 0.417 e. The van der Waals surface area contributed by atoms with E-state index in [-0.39, 0.29) is 10.0 Å². The van der Waals surface area contributed by atoms with E-state index in [9.17, 15) is 13.2 Å². The monoisotopic (exact) mass is 292 g/mol. The molecule has 1 N–H and O–H groups in total. The number of H-pyrrole nitrogens is 1. The van der Waals surface area contributed by atoms with Gasteiger partial charge >= 0.3 is 6.18 Å². The Morgan fingerprint density at radius 3 is 2.50 bits per heavy atom. The Hall–Kier alpha value is -1.04. The molecule has 1 aromatic carbocycles. The van der Waals surface area contributed by atoms with Gasteiger partial charge in [0, 0.05) is 15.6 Å². The average molecular weight is 293 g/mol. The average Bonchev–Trinajstić information content (AvgIpc) is 2.44. The highest BCUT2D eigenvalue weighted by Crippen LogP contribution is 2.41. The van der Waals surface area contributed by atoms with Gasteiger partial charge in [-0.25, -0.2) is 0 Å². The molecule has 2 rings (SSSR count). The molecule has 6 heteroatoms. The van der Waals surface area contributed by atoms with Gasteiger partial charge in [0.2, 0.25) is 0 Å². The van der Waals surface area contributed by atoms with Crippen LogP contribution in [0.25, 0.3) is 10.9 Å². The van der Waals surface area contributed by atoms with Gasteiger partial charge in [0.05, 0.1) is 11.1 Å². The molecule has 1 heterocycles. The van der Waals surface area contributed by atoms with Crippen LogP contribution in [0.4, 0.5) is 13.2 Å². The normalized spacial score (nSPS) is 12.4. The number of halogens is 4. The topological polar surface area (TPSA) is 28.7 Å². The van der Waals surface area contributed by atoms with E-state index >= 15 is 0 Å². The van der Waals surface area contributed by atoms with Crippen LogP contribution < -0.4 is 0 Å². The van der Waals surface area contributed by atoms with Crippen molar-refractivity contribution in [3.8, 4) is 0 Å². The molecule has 0 unspecified atom stereocenters. The molecule has 1 aromatic heterocycles. The molecule has 0 bridgehead atoms. The van der Waals surface area contributed by atoms with E-state index in [1.165, 1.54) is 13.0 Å². The minimum absolute atomic E-state index is 0.0567. The second-order valence-corrected chi connectivity index (χ2v) is 4.42. The van der Waals surface area contributed by atoms with Gasteiger partial charge in [0.1, 0.15) is 0 Å². The molecule has 0 radical (unpaired) electrons. The van der Waals surface area contributed by atoms with Crippen LogP contribution in [0.3, 0.4) is 0 Å². The third-order valence-corrected chi connectivity index (χ3v) is 3.24. The summed E-state index contributed by atoms with van der Waals surface area (Å²) in [5.74, 6) is 0. The lowest BCUT2D eigenvalue weighted by atomic mass is 10.0. The van der Waals surface area contributed by atoms with Crippen molar-refractivity contribution in [1.82, 2.24) is 10.2 Å². The Kier molecular flexibility index (Phi) is 2.49. The first kappa shape index (κ1) is 11.4. The lowest BCUT2D eigenvalue weighted by Crippen LogP contribution is -2.08. The number of benzene rings is 1. The second-order valence-electron chi connectivity index (χ2n) is 3.62. The predicted molar refractivity (Wildman–Crippen MR) is 58.3 cm³/mol. The summed E-state index contributed by atoms with van der Waals surface area (Å²) >= 11 is 3.02. The molecule has 0 aliphatic heterocycles. The smallest absolute Gasteiger partial charge is 0.282 e. The van der Waals surface area contributed by atoms with Crippen LogP contribution in [0.5, 0.6) is 0 Å². The SMILES string of the molecule is Cc1cc2n[nH]c(C)c2c(Br)c1C(F)(F)F. The number of hydrogen-bond acceptors (Lipinski definition) is 1. The van der Waals surface area contributed by atoms with Gasteiger partial charge < -0.3 is 0 Å². The quantitative estimate of drug-likeness (QED) is 0.782. The highest BCUT2D eigenvalue weighted by molar-refractivity contribution is 9.10. The van der Waals surface area contributed by atoms with E-state index in [4.69, 9.17) is 0 Å². The van der Waals surface area contributed by atoms with Crippen LogP contribution in [0.15, 0.2) is 10.5 Å². The first-order valence-electron chi connectivity index (χ1n) is 4.53. The van der Waals surface area contributed by atoms with Crippen molar-refractivity contribution >= 4 is 26.8 Å². The van der Waals surface area contributed by atoms with Crippen molar-refractivity contribution in [3.63, 3.8) is 0 Å². The number of aromatic nitrogens is 2. The third-order valence-electron chi connectivity index (χ3n) is 2.45. The lowest BCUT2D eigenvalue weighted by Gasteiger charge is -2.13. The van der Waals surface area contributed by atoms with Gasteiger partial charge in [-0.05, 0) is 41.4 Å². The second kappa shape index (κ2) is 3.48. The number of nitrogens with zero attached hydrogens (tertiary/aromatic N) is 1. The fraction of sp³-hybridized carbons (Fsp3) is 0.300. The van der Waals surface area contributed by atoms with Gasteiger partial charge in [0.25, 0.3) is 0 Å². The summed E-state index contributed by atoms with van der Waals surface area (Å²) in [6.45, 7) is 3.12. The summed E-state index contributed by atoms with van der Waals surface area (Å²) in [6.07, 6.45) is -4.36. The standard InChI is InChI=1S/C10H8BrF3N2/c1-4-3-6-7(5(2)15-16-6)9(11)8(4)10(12,13)14/h3H,1-2H3,(H,15,16). The molecule has 0 fully saturated rings. The molecule has 0 atom stereocenters. The number of aryl methyl sites for hydroxylation is 2. The van der Waals surface area contributed by atoms with Gasteiger partial charge in [0.15, 0.2) is 0 Å². The Balaban J connectivity index is 2.90. The maximum absolute atomic E-state index is 12.8. The number of nitrogens with one attached hydrogen (secondary N) is 1. The maximum atomic E-state index is 12.8. The van der Waals surface area contributed by atoms with E-state index in [2.05, 4.69) is 26.1 Å². The Morgan fingerprint density at radius 2 is 1.94 bits per heavy atom. The zero-order valence-corrected chi connectivity index (χ0v) is 10.1. The predicted octanol–water partition coefficient (Wildman–Crippen LogP) is 3.96. The Bertz CT molecular complexity index is 557. The Labute approximate surface area is 98.0 Å². The zero-order valence-electron chi connectivity index (χ0n) is 8.54. The zero-order chi connectivity index (χ0) is 12.1. The fourth-order valence-corrected chi connectivity index (χ4v) is 2.79. The van der Waals surface area contributed by atoms with Crippen molar-refractivity contribution < 1.29 is 13.2 Å². The van der Waals surface area contributed by atoms with E-state index in [1.54, 1.807) is 6.92 Å². The van der Waals surface area contributed by atoms with Gasteiger partial charge in [-0.15, -0.1) is 0 Å². The molecule has 0 spiro atoms. The summed E-state index contributed by atoms with van der Waals surface area (Å²) in [5, 5.41) is 7.10. The summed E-state index contributed by atoms with van der Waals surface area (Å²) in [5.41, 5.74) is 0.685. The van der Waals surface area contributed by atoms with E-state index in [0.717, 1.165) is 0 Å². The van der Waals surface area contributed by atoms with Crippen LogP contribution in [0.2, 0.25) is 0 Å². The molecule has 2 aromatic rings. The molecule has 0 saturated heterocycles. The van der Waals surface area contributed by atoms with E-state index in [0.29, 0.717) is 16.6 Å². The first-order valence-corrected chi connectivity index (χ1v) is 5.32. The van der Waals surface area contributed by atoms with Gasteiger partial charge in [-0.2, -0.15) is 18.3 Å². The van der Waals surface area contributed by atoms with Gasteiger partial charge in [-0.3, -0.25) is 5.10 Å². The minimum Gasteiger partial charge on any atom is -0.282 e. The van der Waals surface area contributed by atoms with Crippen LogP contribution in [0.1, 0.15) is 16.8 Å². The molecule has 0 aliphatic rings. The van der Waals surface area contributed by atoms with Gasteiger partial charge in [-0.1, -0.05) is 0 Å². The van der Waals surface area contributed by atoms with Crippen molar-refractivity contribution in [2.45, 2.75) is 20.0 Å². The lowest BCUT2D eigenvalue weighted by molar-refractivity contribution is -0.138. The molecule has 0 aliphatic carbocycles. The molecule has 16 heavy (non-hydrogen) atoms. The number of rotatable bonds is 0. The highest BCUT2D eigenvalue weighted by Gasteiger charge is 2.36. The third kappa shape index (κ3) is 1.61. The van der Waals surface area contributed by atoms with Crippen molar-refractivity contribution in [1.29, 1.82) is 0 Å². The van der Waals surface area contributed by atoms with Crippen LogP contribution >= 0.6 is 15.9 Å². The van der Waals surface area contributed by atoms with Crippen molar-refractivity contribution in [3.05, 3.63) is 27.4 Å². The van der Waals surface area contributed by atoms with E-state index < -0.39 is 11.7 Å². The molecule has 86 valence electrons. The number of hydrogen-bond donors (Lipinski definition) is 1. The molecule has 0 amide bonds. The number of aromatic amines is 1. The molecule has 2 nitrogen and oxygen atoms in total. The molecular formula is C10H8BrF3N2. The molecule has 0 saturated carbocycles. The fourth-order valence-electron chi connectivity index (χ4n) is 1.75. The molecular weight excluding hydrogens is 285 g/mol. The van der Waals surface area contributed by atoms with Crippen molar-refractivity contribution in [2.75, 3.05) is 0 Å². The van der Waals surface area contributed by atoms with Crippen molar-refractivity contribution in [2.24, 2.45) is 0 Å². The summed E-state index contributed by atoms with van der Waals surface area (Å²) < 4.78 is 38.5. The number of fused-ring (bicyclic) bond motifs is 1. The summed E-state index contributed by atoms with van der Waals surface area (Å²) in [6, 6.07) is 1.44. The summed E-state index contributed by atoms with van der Waals surface area (Å²) in [4.78, 5) is 0. The van der Waals surface area contributed by atoms with E-state index in [1.807, 2.05) is 0 Å². The van der Waals surface area contributed by atoms with Crippen LogP contribution in [0, 0.1) is 13.8 Å². The van der Waals surface area contributed by atoms with Crippen LogP contribution in [-0.4, -0.2) is 10.2 Å². The minimum atomic E-state index is -4.36. The van der Waals surface area contributed by atoms with Crippen LogP contribution in [-0.2, 0) is 6.18 Å².